The molecule has 1 aromatic heterocycles. The highest BCUT2D eigenvalue weighted by Gasteiger charge is 2.13. The van der Waals surface area contributed by atoms with Crippen molar-refractivity contribution < 1.29 is 13.6 Å². The highest BCUT2D eigenvalue weighted by atomic mass is 32.2. The van der Waals surface area contributed by atoms with Gasteiger partial charge in [-0.1, -0.05) is 53.9 Å². The van der Waals surface area contributed by atoms with E-state index < -0.39 is 5.76 Å². The van der Waals surface area contributed by atoms with Gasteiger partial charge in [-0.05, 0) is 24.3 Å². The Kier molecular flexibility index (Phi) is 6.24. The van der Waals surface area contributed by atoms with E-state index >= 15 is 0 Å². The molecule has 26 heavy (non-hydrogen) atoms. The molecule has 0 aliphatic heterocycles. The third-order valence-corrected chi connectivity index (χ3v) is 4.99. The van der Waals surface area contributed by atoms with E-state index in [0.717, 1.165) is 5.69 Å². The Morgan fingerprint density at radius 1 is 1.12 bits per heavy atom. The molecule has 0 spiro atoms. The number of carbonyl (C=O) groups excluding carboxylic acids is 1. The summed E-state index contributed by atoms with van der Waals surface area (Å²) in [5, 5.41) is 11.1. The predicted octanol–water partition coefficient (Wildman–Crippen LogP) is 4.31. The van der Waals surface area contributed by atoms with Gasteiger partial charge in [0.2, 0.25) is 5.91 Å². The summed E-state index contributed by atoms with van der Waals surface area (Å²) in [5.41, 5.74) is 1.26. The van der Waals surface area contributed by atoms with E-state index in [1.807, 2.05) is 30.3 Å². The third-order valence-electron chi connectivity index (χ3n) is 3.26. The van der Waals surface area contributed by atoms with Gasteiger partial charge in [0, 0.05) is 10.6 Å². The van der Waals surface area contributed by atoms with Crippen LogP contribution in [0, 0.1) is 0 Å². The largest absolute Gasteiger partial charge is 0.324 e. The number of amides is 1. The third kappa shape index (κ3) is 4.83. The summed E-state index contributed by atoms with van der Waals surface area (Å²) in [6, 6.07) is 16.0. The van der Waals surface area contributed by atoms with Crippen molar-refractivity contribution >= 4 is 35.1 Å². The Hall–Kier alpha value is -2.39. The number of hydrogen-bond donors (Lipinski definition) is 1. The Bertz CT molecular complexity index is 874. The van der Waals surface area contributed by atoms with Crippen LogP contribution in [-0.2, 0) is 4.79 Å². The molecule has 134 valence electrons. The molecule has 0 unspecified atom stereocenters. The van der Waals surface area contributed by atoms with Crippen LogP contribution < -0.4 is 5.32 Å². The molecular weight excluding hydrogens is 378 g/mol. The maximum absolute atomic E-state index is 12.6. The van der Waals surface area contributed by atoms with Gasteiger partial charge in [0.1, 0.15) is 6.33 Å². The van der Waals surface area contributed by atoms with Crippen molar-refractivity contribution in [2.45, 2.75) is 15.8 Å². The first kappa shape index (κ1) is 18.4. The fourth-order valence-corrected chi connectivity index (χ4v) is 3.50. The van der Waals surface area contributed by atoms with Crippen LogP contribution in [0.25, 0.3) is 5.69 Å². The number of nitrogens with one attached hydrogen (secondary N) is 1. The van der Waals surface area contributed by atoms with Gasteiger partial charge in [0.05, 0.1) is 11.4 Å². The Morgan fingerprint density at radius 3 is 2.62 bits per heavy atom. The molecule has 0 saturated heterocycles. The molecular formula is C17H14F2N4OS2. The second-order valence-electron chi connectivity index (χ2n) is 5.03. The van der Waals surface area contributed by atoms with E-state index in [-0.39, 0.29) is 11.7 Å². The van der Waals surface area contributed by atoms with Crippen LogP contribution in [-0.4, -0.2) is 32.2 Å². The van der Waals surface area contributed by atoms with Gasteiger partial charge < -0.3 is 5.32 Å². The van der Waals surface area contributed by atoms with Crippen molar-refractivity contribution in [2.24, 2.45) is 0 Å². The van der Waals surface area contributed by atoms with E-state index in [2.05, 4.69) is 15.5 Å². The molecule has 0 aliphatic carbocycles. The van der Waals surface area contributed by atoms with Gasteiger partial charge in [0.25, 0.3) is 5.76 Å². The molecule has 3 aromatic rings. The van der Waals surface area contributed by atoms with Crippen LogP contribution in [0.4, 0.5) is 14.5 Å². The molecule has 2 aromatic carbocycles. The quantitative estimate of drug-likeness (QED) is 0.607. The molecule has 1 heterocycles. The second-order valence-corrected chi connectivity index (χ2v) is 7.00. The van der Waals surface area contributed by atoms with Gasteiger partial charge in [0.15, 0.2) is 5.16 Å². The van der Waals surface area contributed by atoms with E-state index in [1.165, 1.54) is 11.8 Å². The number of benzene rings is 2. The lowest BCUT2D eigenvalue weighted by atomic mass is 10.3. The number of rotatable bonds is 7. The monoisotopic (exact) mass is 392 g/mol. The van der Waals surface area contributed by atoms with E-state index in [0.29, 0.717) is 27.5 Å². The van der Waals surface area contributed by atoms with Crippen molar-refractivity contribution in [3.05, 3.63) is 60.9 Å². The fourth-order valence-electron chi connectivity index (χ4n) is 2.17. The van der Waals surface area contributed by atoms with Gasteiger partial charge in [-0.2, -0.15) is 8.78 Å². The first-order valence-electron chi connectivity index (χ1n) is 7.55. The van der Waals surface area contributed by atoms with Crippen LogP contribution >= 0.6 is 23.5 Å². The molecule has 3 rings (SSSR count). The minimum Gasteiger partial charge on any atom is -0.324 e. The minimum absolute atomic E-state index is 0.0825. The molecule has 1 amide bonds. The number of halogens is 2. The Labute approximate surface area is 157 Å². The summed E-state index contributed by atoms with van der Waals surface area (Å²) in [5.74, 6) is -2.77. The average molecular weight is 392 g/mol. The lowest BCUT2D eigenvalue weighted by molar-refractivity contribution is -0.113. The number of alkyl halides is 2. The van der Waals surface area contributed by atoms with Gasteiger partial charge in [-0.3, -0.25) is 9.36 Å². The topological polar surface area (TPSA) is 59.8 Å². The first-order valence-corrected chi connectivity index (χ1v) is 9.42. The van der Waals surface area contributed by atoms with Crippen molar-refractivity contribution in [3.63, 3.8) is 0 Å². The summed E-state index contributed by atoms with van der Waals surface area (Å²) in [6.45, 7) is 0. The number of nitrogens with zero attached hydrogens (tertiary/aromatic N) is 3. The molecule has 0 radical (unpaired) electrons. The Balaban J connectivity index is 1.64. The summed E-state index contributed by atoms with van der Waals surface area (Å²) >= 11 is 1.62. The first-order chi connectivity index (χ1) is 12.6. The zero-order valence-corrected chi connectivity index (χ0v) is 15.0. The normalized spacial score (nSPS) is 10.9. The zero-order chi connectivity index (χ0) is 18.4. The molecule has 0 saturated carbocycles. The lowest BCUT2D eigenvalue weighted by Crippen LogP contribution is -2.15. The molecule has 0 bridgehead atoms. The number of hydrogen-bond acceptors (Lipinski definition) is 5. The van der Waals surface area contributed by atoms with Crippen LogP contribution in [0.2, 0.25) is 0 Å². The number of anilines is 1. The number of para-hydroxylation sites is 2. The predicted molar refractivity (Wildman–Crippen MR) is 99.0 cm³/mol. The van der Waals surface area contributed by atoms with Gasteiger partial charge in [-0.25, -0.2) is 0 Å². The number of aromatic nitrogens is 3. The molecule has 0 atom stereocenters. The van der Waals surface area contributed by atoms with Crippen LogP contribution in [0.3, 0.4) is 0 Å². The summed E-state index contributed by atoms with van der Waals surface area (Å²) in [6.07, 6.45) is 1.57. The summed E-state index contributed by atoms with van der Waals surface area (Å²) < 4.78 is 27.0. The van der Waals surface area contributed by atoms with Crippen molar-refractivity contribution in [2.75, 3.05) is 11.1 Å². The van der Waals surface area contributed by atoms with E-state index in [4.69, 9.17) is 0 Å². The van der Waals surface area contributed by atoms with Crippen LogP contribution in [0.1, 0.15) is 0 Å². The summed E-state index contributed by atoms with van der Waals surface area (Å²) in [4.78, 5) is 12.5. The van der Waals surface area contributed by atoms with Crippen molar-refractivity contribution in [1.82, 2.24) is 14.8 Å². The fraction of sp³-hybridized carbons (Fsp3) is 0.118. The Morgan fingerprint density at radius 2 is 1.85 bits per heavy atom. The van der Waals surface area contributed by atoms with Crippen LogP contribution in [0.15, 0.2) is 71.0 Å². The molecule has 1 N–H and O–H groups in total. The summed E-state index contributed by atoms with van der Waals surface area (Å²) in [7, 11) is 0. The maximum atomic E-state index is 12.6. The molecule has 0 aliphatic rings. The highest BCUT2D eigenvalue weighted by molar-refractivity contribution is 8.00. The van der Waals surface area contributed by atoms with Gasteiger partial charge in [-0.15, -0.1) is 10.2 Å². The smallest absolute Gasteiger partial charge is 0.288 e. The lowest BCUT2D eigenvalue weighted by Gasteiger charge is -2.10. The zero-order valence-electron chi connectivity index (χ0n) is 13.4. The SMILES string of the molecule is O=C(CSc1nncn1-c1ccccc1)Nc1ccccc1SC(F)F. The average Bonchev–Trinajstić information content (AvgIpc) is 3.10. The number of carbonyl (C=O) groups is 1. The van der Waals surface area contributed by atoms with Crippen molar-refractivity contribution in [3.8, 4) is 5.69 Å². The standard InChI is InChI=1S/C17H14F2N4OS2/c18-16(19)26-14-9-5-4-8-13(14)21-15(24)10-25-17-22-20-11-23(17)12-6-2-1-3-7-12/h1-9,11,16H,10H2,(H,21,24). The van der Waals surface area contributed by atoms with Crippen molar-refractivity contribution in [1.29, 1.82) is 0 Å². The number of thioether (sulfide) groups is 2. The molecule has 9 heteroatoms. The molecule has 5 nitrogen and oxygen atoms in total. The highest BCUT2D eigenvalue weighted by Crippen LogP contribution is 2.31. The minimum atomic E-state index is -2.55. The van der Waals surface area contributed by atoms with E-state index in [1.54, 1.807) is 35.2 Å². The van der Waals surface area contributed by atoms with Crippen LogP contribution in [0.5, 0.6) is 0 Å². The van der Waals surface area contributed by atoms with E-state index in [9.17, 15) is 13.6 Å². The maximum Gasteiger partial charge on any atom is 0.288 e. The van der Waals surface area contributed by atoms with Gasteiger partial charge >= 0.3 is 0 Å². The molecule has 0 fully saturated rings. The second kappa shape index (κ2) is 8.81.